The minimum absolute atomic E-state index is 0.148. The largest absolute Gasteiger partial charge is 0.481 e. The Labute approximate surface area is 160 Å². The molecule has 2 rings (SSSR count). The van der Waals surface area contributed by atoms with Crippen molar-refractivity contribution < 1.29 is 14.7 Å². The Hall–Kier alpha value is -3.14. The van der Waals surface area contributed by atoms with Crippen molar-refractivity contribution in [3.05, 3.63) is 90.0 Å². The van der Waals surface area contributed by atoms with Crippen LogP contribution in [0.15, 0.2) is 78.9 Å². The number of carbonyl (C=O) groups excluding carboxylic acids is 1. The third-order valence-electron chi connectivity index (χ3n) is 4.05. The summed E-state index contributed by atoms with van der Waals surface area (Å²) >= 11 is 0. The number of allylic oxidation sites excluding steroid dienone is 2. The quantitative estimate of drug-likeness (QED) is 0.373. The molecule has 0 radical (unpaired) electrons. The van der Waals surface area contributed by atoms with Crippen LogP contribution in [-0.4, -0.2) is 23.5 Å². The fourth-order valence-electron chi connectivity index (χ4n) is 2.67. The lowest BCUT2D eigenvalue weighted by atomic mass is 9.97. The van der Waals surface area contributed by atoms with Gasteiger partial charge >= 0.3 is 5.97 Å². The van der Waals surface area contributed by atoms with Gasteiger partial charge in [0.1, 0.15) is 0 Å². The summed E-state index contributed by atoms with van der Waals surface area (Å²) in [6.45, 7) is 0.552. The van der Waals surface area contributed by atoms with E-state index in [1.807, 2.05) is 66.7 Å². The summed E-state index contributed by atoms with van der Waals surface area (Å²) in [5, 5.41) is 11.4. The number of unbranched alkanes of at least 4 members (excludes halogenated alkanes) is 2. The van der Waals surface area contributed by atoms with Crippen molar-refractivity contribution in [2.45, 2.75) is 25.7 Å². The predicted octanol–water partition coefficient (Wildman–Crippen LogP) is 4.44. The van der Waals surface area contributed by atoms with Crippen LogP contribution in [0.5, 0.6) is 0 Å². The van der Waals surface area contributed by atoms with E-state index in [0.29, 0.717) is 13.0 Å². The molecule has 0 aliphatic carbocycles. The summed E-state index contributed by atoms with van der Waals surface area (Å²) in [5.41, 5.74) is 3.23. The number of hydrogen-bond acceptors (Lipinski definition) is 2. The van der Waals surface area contributed by atoms with Crippen molar-refractivity contribution in [3.63, 3.8) is 0 Å². The van der Waals surface area contributed by atoms with Crippen LogP contribution in [0, 0.1) is 0 Å². The molecule has 0 heterocycles. The van der Waals surface area contributed by atoms with Crippen molar-refractivity contribution >= 4 is 17.4 Å². The van der Waals surface area contributed by atoms with Crippen LogP contribution in [0.25, 0.3) is 5.57 Å². The minimum Gasteiger partial charge on any atom is -0.481 e. The van der Waals surface area contributed by atoms with E-state index in [-0.39, 0.29) is 12.3 Å². The molecule has 4 heteroatoms. The Kier molecular flexibility index (Phi) is 8.57. The molecular formula is C23H25NO3. The van der Waals surface area contributed by atoms with E-state index < -0.39 is 5.97 Å². The standard InChI is InChI=1S/C23H25NO3/c25-22(24-18-9-3-8-17-23(26)27)16-10-15-21(19-11-4-1-5-12-19)20-13-6-2-7-14-20/h1-2,4-7,10-16H,3,8-9,17-18H2,(H,24,25)(H,26,27)/b16-10+. The van der Waals surface area contributed by atoms with Gasteiger partial charge in [-0.25, -0.2) is 0 Å². The van der Waals surface area contributed by atoms with Gasteiger partial charge in [0.25, 0.3) is 0 Å². The number of hydrogen-bond donors (Lipinski definition) is 2. The summed E-state index contributed by atoms with van der Waals surface area (Å²) in [7, 11) is 0. The molecule has 27 heavy (non-hydrogen) atoms. The van der Waals surface area contributed by atoms with E-state index in [2.05, 4.69) is 5.32 Å². The number of benzene rings is 2. The molecule has 2 aromatic rings. The average Bonchev–Trinajstić information content (AvgIpc) is 2.69. The molecule has 0 spiro atoms. The highest BCUT2D eigenvalue weighted by molar-refractivity contribution is 5.88. The maximum absolute atomic E-state index is 11.9. The number of carboxylic acid groups (broad SMARTS) is 1. The maximum atomic E-state index is 11.9. The number of carboxylic acids is 1. The zero-order valence-electron chi connectivity index (χ0n) is 15.3. The molecule has 0 saturated heterocycles. The number of rotatable bonds is 10. The van der Waals surface area contributed by atoms with E-state index in [0.717, 1.165) is 29.5 Å². The van der Waals surface area contributed by atoms with Gasteiger partial charge in [-0.05, 0) is 29.5 Å². The molecule has 1 amide bonds. The smallest absolute Gasteiger partial charge is 0.303 e. The Morgan fingerprint density at radius 3 is 2.00 bits per heavy atom. The Morgan fingerprint density at radius 1 is 0.852 bits per heavy atom. The molecule has 4 nitrogen and oxygen atoms in total. The number of aliphatic carboxylic acids is 1. The first-order valence-electron chi connectivity index (χ1n) is 9.15. The highest BCUT2D eigenvalue weighted by Gasteiger charge is 2.03. The third-order valence-corrected chi connectivity index (χ3v) is 4.05. The lowest BCUT2D eigenvalue weighted by Crippen LogP contribution is -2.22. The molecule has 0 fully saturated rings. The summed E-state index contributed by atoms with van der Waals surface area (Å²) in [5.74, 6) is -0.925. The van der Waals surface area contributed by atoms with Crippen molar-refractivity contribution in [2.24, 2.45) is 0 Å². The Balaban J connectivity index is 1.91. The normalized spacial score (nSPS) is 10.5. The SMILES string of the molecule is O=C(O)CCCCCNC(=O)/C=C/C=C(c1ccccc1)c1ccccc1. The second-order valence-corrected chi connectivity index (χ2v) is 6.17. The molecule has 0 aromatic heterocycles. The zero-order chi connectivity index (χ0) is 19.3. The fraction of sp³-hybridized carbons (Fsp3) is 0.217. The summed E-state index contributed by atoms with van der Waals surface area (Å²) in [4.78, 5) is 22.4. The monoisotopic (exact) mass is 363 g/mol. The summed E-state index contributed by atoms with van der Waals surface area (Å²) in [6, 6.07) is 20.1. The molecular weight excluding hydrogens is 338 g/mol. The van der Waals surface area contributed by atoms with E-state index >= 15 is 0 Å². The molecule has 0 saturated carbocycles. The molecule has 140 valence electrons. The fourth-order valence-corrected chi connectivity index (χ4v) is 2.67. The van der Waals surface area contributed by atoms with Gasteiger partial charge in [0.2, 0.25) is 5.91 Å². The van der Waals surface area contributed by atoms with Crippen LogP contribution in [0.4, 0.5) is 0 Å². The lowest BCUT2D eigenvalue weighted by Gasteiger charge is -2.07. The topological polar surface area (TPSA) is 66.4 Å². The molecule has 0 unspecified atom stereocenters. The highest BCUT2D eigenvalue weighted by atomic mass is 16.4. The van der Waals surface area contributed by atoms with Gasteiger partial charge in [-0.2, -0.15) is 0 Å². The Bertz CT molecular complexity index is 738. The van der Waals surface area contributed by atoms with Crippen LogP contribution >= 0.6 is 0 Å². The van der Waals surface area contributed by atoms with Gasteiger partial charge in [0.15, 0.2) is 0 Å². The second-order valence-electron chi connectivity index (χ2n) is 6.17. The first-order valence-corrected chi connectivity index (χ1v) is 9.15. The maximum Gasteiger partial charge on any atom is 0.303 e. The molecule has 0 aliphatic rings. The molecule has 2 N–H and O–H groups in total. The highest BCUT2D eigenvalue weighted by Crippen LogP contribution is 2.23. The molecule has 2 aromatic carbocycles. The van der Waals surface area contributed by atoms with Crippen LogP contribution in [0.1, 0.15) is 36.8 Å². The average molecular weight is 363 g/mol. The molecule has 0 aliphatic heterocycles. The number of carbonyl (C=O) groups is 2. The molecule has 0 atom stereocenters. The van der Waals surface area contributed by atoms with Gasteiger partial charge in [-0.1, -0.05) is 79.2 Å². The van der Waals surface area contributed by atoms with Crippen molar-refractivity contribution in [3.8, 4) is 0 Å². The predicted molar refractivity (Wildman–Crippen MR) is 108 cm³/mol. The van der Waals surface area contributed by atoms with E-state index in [9.17, 15) is 9.59 Å². The summed E-state index contributed by atoms with van der Waals surface area (Å²) in [6.07, 6.45) is 7.61. The first-order chi connectivity index (χ1) is 13.2. The van der Waals surface area contributed by atoms with Crippen molar-refractivity contribution in [2.75, 3.05) is 6.54 Å². The van der Waals surface area contributed by atoms with Crippen molar-refractivity contribution in [1.82, 2.24) is 5.32 Å². The van der Waals surface area contributed by atoms with Crippen molar-refractivity contribution in [1.29, 1.82) is 0 Å². The lowest BCUT2D eigenvalue weighted by molar-refractivity contribution is -0.137. The van der Waals surface area contributed by atoms with Gasteiger partial charge in [-0.3, -0.25) is 9.59 Å². The van der Waals surface area contributed by atoms with E-state index in [4.69, 9.17) is 5.11 Å². The molecule has 0 bridgehead atoms. The van der Waals surface area contributed by atoms with Gasteiger partial charge < -0.3 is 10.4 Å². The van der Waals surface area contributed by atoms with Gasteiger partial charge in [0, 0.05) is 19.0 Å². The number of amides is 1. The van der Waals surface area contributed by atoms with Crippen LogP contribution in [-0.2, 0) is 9.59 Å². The first kappa shape index (κ1) is 20.2. The Morgan fingerprint density at radius 2 is 1.44 bits per heavy atom. The van der Waals surface area contributed by atoms with E-state index in [1.54, 1.807) is 6.08 Å². The van der Waals surface area contributed by atoms with Crippen LogP contribution < -0.4 is 5.32 Å². The zero-order valence-corrected chi connectivity index (χ0v) is 15.3. The van der Waals surface area contributed by atoms with Gasteiger partial charge in [-0.15, -0.1) is 0 Å². The summed E-state index contributed by atoms with van der Waals surface area (Å²) < 4.78 is 0. The van der Waals surface area contributed by atoms with Crippen LogP contribution in [0.2, 0.25) is 0 Å². The van der Waals surface area contributed by atoms with Crippen LogP contribution in [0.3, 0.4) is 0 Å². The third kappa shape index (κ3) is 7.74. The van der Waals surface area contributed by atoms with E-state index in [1.165, 1.54) is 6.08 Å². The minimum atomic E-state index is -0.776. The number of nitrogens with one attached hydrogen (secondary N) is 1. The van der Waals surface area contributed by atoms with Gasteiger partial charge in [0.05, 0.1) is 0 Å². The second kappa shape index (κ2) is 11.5.